The summed E-state index contributed by atoms with van der Waals surface area (Å²) >= 11 is 6.90. The molecule has 0 spiro atoms. The molecule has 0 saturated heterocycles. The fraction of sp³-hybridized carbons (Fsp3) is 0.478. The Morgan fingerprint density at radius 3 is 2.57 bits per heavy atom. The number of hydrogen-bond donors (Lipinski definition) is 4. The average molecular weight is 538 g/mol. The van der Waals surface area contributed by atoms with Crippen LogP contribution in [0.5, 0.6) is 5.75 Å². The molecule has 1 amide bonds. The number of hydrogen-bond acceptors (Lipinski definition) is 7. The second kappa shape index (κ2) is 10.8. The molecule has 1 saturated carbocycles. The van der Waals surface area contributed by atoms with Crippen LogP contribution in [0.2, 0.25) is 0 Å². The number of amides is 1. The lowest BCUT2D eigenvalue weighted by atomic mass is 9.93. The van der Waals surface area contributed by atoms with Crippen molar-refractivity contribution in [3.63, 3.8) is 0 Å². The number of hydrazine groups is 1. The van der Waals surface area contributed by atoms with Gasteiger partial charge in [0.05, 0.1) is 7.11 Å². The van der Waals surface area contributed by atoms with Gasteiger partial charge in [-0.25, -0.2) is 19.0 Å². The summed E-state index contributed by atoms with van der Waals surface area (Å²) in [7, 11) is -2.21. The predicted molar refractivity (Wildman–Crippen MR) is 142 cm³/mol. The smallest absolute Gasteiger partial charge is 0.243 e. The number of nitrogens with one attached hydrogen (secondary N) is 3. The largest absolute Gasteiger partial charge is 0.497 e. The molecule has 2 aliphatic carbocycles. The van der Waals surface area contributed by atoms with E-state index in [9.17, 15) is 13.2 Å². The fourth-order valence-electron chi connectivity index (χ4n) is 4.30. The van der Waals surface area contributed by atoms with Crippen LogP contribution in [0.15, 0.2) is 29.2 Å². The first-order valence-electron chi connectivity index (χ1n) is 11.7. The van der Waals surface area contributed by atoms with Crippen molar-refractivity contribution in [1.82, 2.24) is 10.1 Å². The minimum atomic E-state index is -3.81. The topological polar surface area (TPSA) is 126 Å². The Morgan fingerprint density at radius 1 is 1.26 bits per heavy atom. The predicted octanol–water partition coefficient (Wildman–Crippen LogP) is 2.91. The number of carbonyl (C=O) groups is 1. The summed E-state index contributed by atoms with van der Waals surface area (Å²) in [4.78, 5) is 15.6. The molecule has 1 aromatic heterocycles. The zero-order chi connectivity index (χ0) is 25.2. The normalized spacial score (nSPS) is 17.4. The van der Waals surface area contributed by atoms with E-state index in [0.717, 1.165) is 41.1 Å². The van der Waals surface area contributed by atoms with Gasteiger partial charge in [-0.05, 0) is 80.6 Å². The third-order valence-electron chi connectivity index (χ3n) is 6.24. The standard InChI is InChI=1S/C23H31N5O4S3/c1-3-12-25-35(30,31)20-18-13-16(8-11-19(18)34-22(20)26-21(29)14-4-5-14)28(23(33)27-24)15-6-9-17(32-2)10-7-15/h6-7,9-10,14,16,25H,3-5,8,11-13,24H2,1-2H3,(H,26,29)(H,27,33). The Hall–Kier alpha value is -2.25. The summed E-state index contributed by atoms with van der Waals surface area (Å²) in [5.41, 5.74) is 4.14. The molecule has 1 atom stereocenters. The van der Waals surface area contributed by atoms with E-state index in [1.165, 1.54) is 11.3 Å². The summed E-state index contributed by atoms with van der Waals surface area (Å²) < 4.78 is 34.7. The highest BCUT2D eigenvalue weighted by molar-refractivity contribution is 7.90. The maximum atomic E-state index is 13.4. The molecule has 4 rings (SSSR count). The highest BCUT2D eigenvalue weighted by Crippen LogP contribution is 2.43. The van der Waals surface area contributed by atoms with Gasteiger partial charge in [-0.3, -0.25) is 4.79 Å². The monoisotopic (exact) mass is 537 g/mol. The molecule has 9 nitrogen and oxygen atoms in total. The number of thiocarbonyl (C=S) groups is 1. The number of thiophene rings is 1. The van der Waals surface area contributed by atoms with Crippen LogP contribution in [-0.4, -0.2) is 39.1 Å². The summed E-state index contributed by atoms with van der Waals surface area (Å²) in [6.45, 7) is 2.23. The van der Waals surface area contributed by atoms with Crippen LogP contribution in [0.4, 0.5) is 10.7 Å². The number of carbonyl (C=O) groups excluding carboxylic acids is 1. The molecule has 0 bridgehead atoms. The van der Waals surface area contributed by atoms with Crippen molar-refractivity contribution in [3.8, 4) is 5.75 Å². The van der Waals surface area contributed by atoms with Crippen LogP contribution < -0.4 is 30.9 Å². The molecule has 5 N–H and O–H groups in total. The summed E-state index contributed by atoms with van der Waals surface area (Å²) in [5.74, 6) is 6.29. The van der Waals surface area contributed by atoms with Crippen molar-refractivity contribution in [1.29, 1.82) is 0 Å². The molecule has 2 aliphatic rings. The number of nitrogens with zero attached hydrogens (tertiary/aromatic N) is 1. The molecule has 35 heavy (non-hydrogen) atoms. The molecule has 0 radical (unpaired) electrons. The first kappa shape index (κ1) is 25.8. The summed E-state index contributed by atoms with van der Waals surface area (Å²) in [6.07, 6.45) is 4.21. The SMILES string of the molecule is CCCNS(=O)(=O)c1c(NC(=O)C2CC2)sc2c1CC(N(C(=S)NN)c1ccc(OC)cc1)CC2. The van der Waals surface area contributed by atoms with Crippen molar-refractivity contribution in [2.45, 2.75) is 56.4 Å². The van der Waals surface area contributed by atoms with Crippen LogP contribution in [0.1, 0.15) is 43.0 Å². The van der Waals surface area contributed by atoms with Crippen LogP contribution in [-0.2, 0) is 27.7 Å². The zero-order valence-corrected chi connectivity index (χ0v) is 22.2. The van der Waals surface area contributed by atoms with Crippen LogP contribution in [0, 0.1) is 5.92 Å². The maximum Gasteiger partial charge on any atom is 0.243 e. The molecular formula is C23H31N5O4S3. The minimum absolute atomic E-state index is 0.0282. The molecular weight excluding hydrogens is 506 g/mol. The fourth-order valence-corrected chi connectivity index (χ4v) is 7.66. The minimum Gasteiger partial charge on any atom is -0.497 e. The number of nitrogens with two attached hydrogens (primary N) is 1. The lowest BCUT2D eigenvalue weighted by Crippen LogP contribution is -2.50. The van der Waals surface area contributed by atoms with Gasteiger partial charge in [0.1, 0.15) is 15.6 Å². The molecule has 1 aromatic carbocycles. The van der Waals surface area contributed by atoms with E-state index in [1.807, 2.05) is 36.1 Å². The van der Waals surface area contributed by atoms with Gasteiger partial charge in [0, 0.05) is 29.1 Å². The number of fused-ring (bicyclic) bond motifs is 1. The Labute approximate surface area is 215 Å². The zero-order valence-electron chi connectivity index (χ0n) is 19.8. The van der Waals surface area contributed by atoms with Crippen LogP contribution in [0.3, 0.4) is 0 Å². The van der Waals surface area contributed by atoms with E-state index < -0.39 is 10.0 Å². The van der Waals surface area contributed by atoms with E-state index in [4.69, 9.17) is 22.8 Å². The average Bonchev–Trinajstić information content (AvgIpc) is 3.64. The van der Waals surface area contributed by atoms with Crippen molar-refractivity contribution < 1.29 is 17.9 Å². The second-order valence-corrected chi connectivity index (χ2v) is 11.9. The molecule has 1 unspecified atom stereocenters. The molecule has 0 aliphatic heterocycles. The van der Waals surface area contributed by atoms with Crippen molar-refractivity contribution in [3.05, 3.63) is 34.7 Å². The third kappa shape index (κ3) is 5.61. The quantitative estimate of drug-likeness (QED) is 0.219. The molecule has 2 aromatic rings. The Bertz CT molecular complexity index is 1190. The number of benzene rings is 1. The Balaban J connectivity index is 1.71. The van der Waals surface area contributed by atoms with Gasteiger partial charge in [-0.2, -0.15) is 0 Å². The molecule has 190 valence electrons. The van der Waals surface area contributed by atoms with E-state index >= 15 is 0 Å². The van der Waals surface area contributed by atoms with Crippen molar-refractivity contribution in [2.24, 2.45) is 11.8 Å². The lowest BCUT2D eigenvalue weighted by molar-refractivity contribution is -0.117. The van der Waals surface area contributed by atoms with Gasteiger partial charge >= 0.3 is 0 Å². The highest BCUT2D eigenvalue weighted by atomic mass is 32.2. The maximum absolute atomic E-state index is 13.4. The van der Waals surface area contributed by atoms with Gasteiger partial charge in [-0.1, -0.05) is 6.92 Å². The van der Waals surface area contributed by atoms with E-state index in [1.54, 1.807) is 7.11 Å². The number of ether oxygens (including phenoxy) is 1. The summed E-state index contributed by atoms with van der Waals surface area (Å²) in [6, 6.07) is 7.36. The lowest BCUT2D eigenvalue weighted by Gasteiger charge is -2.36. The third-order valence-corrected chi connectivity index (χ3v) is 9.46. The number of methoxy groups -OCH3 is 1. The summed E-state index contributed by atoms with van der Waals surface area (Å²) in [5, 5.41) is 3.66. The second-order valence-electron chi connectivity index (χ2n) is 8.74. The van der Waals surface area contributed by atoms with Crippen LogP contribution in [0.25, 0.3) is 0 Å². The Kier molecular flexibility index (Phi) is 7.96. The van der Waals surface area contributed by atoms with E-state index in [-0.39, 0.29) is 22.8 Å². The first-order chi connectivity index (χ1) is 16.8. The van der Waals surface area contributed by atoms with Gasteiger partial charge in [-0.15, -0.1) is 11.3 Å². The van der Waals surface area contributed by atoms with E-state index in [0.29, 0.717) is 35.9 Å². The van der Waals surface area contributed by atoms with Crippen molar-refractivity contribution >= 4 is 55.3 Å². The number of rotatable bonds is 9. The van der Waals surface area contributed by atoms with Crippen molar-refractivity contribution in [2.75, 3.05) is 23.9 Å². The van der Waals surface area contributed by atoms with Crippen LogP contribution >= 0.6 is 23.6 Å². The highest BCUT2D eigenvalue weighted by Gasteiger charge is 2.37. The molecule has 1 heterocycles. The van der Waals surface area contributed by atoms with Gasteiger partial charge < -0.3 is 20.4 Å². The van der Waals surface area contributed by atoms with Gasteiger partial charge in [0.25, 0.3) is 0 Å². The Morgan fingerprint density at radius 2 is 1.97 bits per heavy atom. The number of sulfonamides is 1. The van der Waals surface area contributed by atoms with Gasteiger partial charge in [0.15, 0.2) is 5.11 Å². The van der Waals surface area contributed by atoms with E-state index in [2.05, 4.69) is 15.5 Å². The molecule has 1 fully saturated rings. The van der Waals surface area contributed by atoms with Gasteiger partial charge in [0.2, 0.25) is 15.9 Å². The first-order valence-corrected chi connectivity index (χ1v) is 14.4. The number of aryl methyl sites for hydroxylation is 1. The molecule has 12 heteroatoms. The number of anilines is 2.